The van der Waals surface area contributed by atoms with Crippen LogP contribution in [0.5, 0.6) is 0 Å². The van der Waals surface area contributed by atoms with Crippen LogP contribution >= 0.6 is 0 Å². The zero-order chi connectivity index (χ0) is 14.4. The number of hydrogen-bond acceptors (Lipinski definition) is 4. The Morgan fingerprint density at radius 3 is 2.70 bits per heavy atom. The van der Waals surface area contributed by atoms with Crippen molar-refractivity contribution in [1.29, 1.82) is 0 Å². The fraction of sp³-hybridized carbons (Fsp3) is 0.143. The molecule has 0 saturated heterocycles. The van der Waals surface area contributed by atoms with Gasteiger partial charge in [0.15, 0.2) is 0 Å². The van der Waals surface area contributed by atoms with Gasteiger partial charge in [0.25, 0.3) is 5.91 Å². The first-order chi connectivity index (χ1) is 9.63. The summed E-state index contributed by atoms with van der Waals surface area (Å²) in [5.74, 6) is 0.706. The standard InChI is InChI=1S/C14H14FN3O2/c1-10-2-7-13(20-10)8-17-18-14(19)9-16-12-5-3-11(15)4-6-12/h2-8,16H,9H2,1H3,(H,18,19)/b17-8-. The van der Waals surface area contributed by atoms with Gasteiger partial charge >= 0.3 is 0 Å². The minimum Gasteiger partial charge on any atom is -0.460 e. The molecule has 1 heterocycles. The quantitative estimate of drug-likeness (QED) is 0.650. The van der Waals surface area contributed by atoms with Crippen LogP contribution < -0.4 is 10.7 Å². The third-order valence-electron chi connectivity index (χ3n) is 2.44. The topological polar surface area (TPSA) is 66.6 Å². The summed E-state index contributed by atoms with van der Waals surface area (Å²) in [7, 11) is 0. The second-order valence-electron chi connectivity index (χ2n) is 4.10. The Morgan fingerprint density at radius 1 is 1.30 bits per heavy atom. The molecule has 0 radical (unpaired) electrons. The molecular weight excluding hydrogens is 261 g/mol. The lowest BCUT2D eigenvalue weighted by molar-refractivity contribution is -0.119. The fourth-order valence-corrected chi connectivity index (χ4v) is 1.48. The fourth-order valence-electron chi connectivity index (χ4n) is 1.48. The first kappa shape index (κ1) is 13.8. The molecule has 5 nitrogen and oxygen atoms in total. The Hall–Kier alpha value is -2.63. The summed E-state index contributed by atoms with van der Waals surface area (Å²) in [5, 5.41) is 6.61. The van der Waals surface area contributed by atoms with Gasteiger partial charge in [-0.3, -0.25) is 4.79 Å². The number of nitrogens with zero attached hydrogens (tertiary/aromatic N) is 1. The van der Waals surface area contributed by atoms with E-state index in [1.807, 2.05) is 6.92 Å². The molecule has 1 aromatic heterocycles. The number of furan rings is 1. The van der Waals surface area contributed by atoms with Crippen molar-refractivity contribution >= 4 is 17.8 Å². The Labute approximate surface area is 115 Å². The first-order valence-corrected chi connectivity index (χ1v) is 6.01. The van der Waals surface area contributed by atoms with Crippen molar-refractivity contribution in [2.24, 2.45) is 5.10 Å². The van der Waals surface area contributed by atoms with Gasteiger partial charge in [-0.15, -0.1) is 0 Å². The minimum absolute atomic E-state index is 0.0418. The maximum atomic E-state index is 12.7. The van der Waals surface area contributed by atoms with E-state index in [0.29, 0.717) is 11.4 Å². The number of halogens is 1. The Kier molecular flexibility index (Phi) is 4.49. The molecule has 0 aliphatic carbocycles. The summed E-state index contributed by atoms with van der Waals surface area (Å²) >= 11 is 0. The number of rotatable bonds is 5. The number of aryl methyl sites for hydroxylation is 1. The molecule has 0 aliphatic heterocycles. The van der Waals surface area contributed by atoms with Crippen LogP contribution in [-0.2, 0) is 4.79 Å². The Balaban J connectivity index is 1.75. The molecule has 104 valence electrons. The Bertz CT molecular complexity index is 605. The molecular formula is C14H14FN3O2. The molecule has 2 aromatic rings. The van der Waals surface area contributed by atoms with Crippen molar-refractivity contribution in [1.82, 2.24) is 5.43 Å². The maximum absolute atomic E-state index is 12.7. The van der Waals surface area contributed by atoms with E-state index < -0.39 is 0 Å². The van der Waals surface area contributed by atoms with Crippen molar-refractivity contribution < 1.29 is 13.6 Å². The second kappa shape index (κ2) is 6.51. The summed E-state index contributed by atoms with van der Waals surface area (Å²) in [5.41, 5.74) is 3.02. The van der Waals surface area contributed by atoms with Crippen LogP contribution in [-0.4, -0.2) is 18.7 Å². The summed E-state index contributed by atoms with van der Waals surface area (Å²) in [6, 6.07) is 9.30. The van der Waals surface area contributed by atoms with E-state index in [0.717, 1.165) is 5.76 Å². The van der Waals surface area contributed by atoms with Gasteiger partial charge in [0.1, 0.15) is 17.3 Å². The number of benzene rings is 1. The van der Waals surface area contributed by atoms with Crippen LogP contribution in [0.15, 0.2) is 45.9 Å². The highest BCUT2D eigenvalue weighted by atomic mass is 19.1. The van der Waals surface area contributed by atoms with Gasteiger partial charge in [0.2, 0.25) is 0 Å². The largest absolute Gasteiger partial charge is 0.460 e. The van der Waals surface area contributed by atoms with Gasteiger partial charge in [-0.1, -0.05) is 0 Å². The second-order valence-corrected chi connectivity index (χ2v) is 4.10. The minimum atomic E-state index is -0.321. The molecule has 0 unspecified atom stereocenters. The highest BCUT2D eigenvalue weighted by Crippen LogP contribution is 2.07. The van der Waals surface area contributed by atoms with Gasteiger partial charge in [-0.25, -0.2) is 9.82 Å². The summed E-state index contributed by atoms with van der Waals surface area (Å²) in [4.78, 5) is 11.5. The predicted molar refractivity (Wildman–Crippen MR) is 74.1 cm³/mol. The SMILES string of the molecule is Cc1ccc(/C=N\NC(=O)CNc2ccc(F)cc2)o1. The smallest absolute Gasteiger partial charge is 0.259 e. The van der Waals surface area contributed by atoms with E-state index in [2.05, 4.69) is 15.8 Å². The van der Waals surface area contributed by atoms with E-state index in [1.54, 1.807) is 24.3 Å². The molecule has 0 saturated carbocycles. The van der Waals surface area contributed by atoms with Crippen LogP contribution in [0.25, 0.3) is 0 Å². The van der Waals surface area contributed by atoms with E-state index in [4.69, 9.17) is 4.42 Å². The summed E-state index contributed by atoms with van der Waals surface area (Å²) < 4.78 is 17.9. The molecule has 20 heavy (non-hydrogen) atoms. The lowest BCUT2D eigenvalue weighted by Crippen LogP contribution is -2.25. The average molecular weight is 275 g/mol. The monoisotopic (exact) mass is 275 g/mol. The molecule has 0 bridgehead atoms. The highest BCUT2D eigenvalue weighted by Gasteiger charge is 2.00. The molecule has 6 heteroatoms. The van der Waals surface area contributed by atoms with Crippen molar-refractivity contribution in [3.8, 4) is 0 Å². The number of carbonyl (C=O) groups excluding carboxylic acids is 1. The zero-order valence-electron chi connectivity index (χ0n) is 10.9. The van der Waals surface area contributed by atoms with Crippen molar-refractivity contribution in [3.63, 3.8) is 0 Å². The number of amides is 1. The number of carbonyl (C=O) groups is 1. The van der Waals surface area contributed by atoms with Gasteiger partial charge < -0.3 is 9.73 Å². The number of hydrazone groups is 1. The maximum Gasteiger partial charge on any atom is 0.259 e. The first-order valence-electron chi connectivity index (χ1n) is 6.01. The molecule has 1 aromatic carbocycles. The van der Waals surface area contributed by atoms with Gasteiger partial charge in [0.05, 0.1) is 12.8 Å². The normalized spacial score (nSPS) is 10.7. The third-order valence-corrected chi connectivity index (χ3v) is 2.44. The number of nitrogens with one attached hydrogen (secondary N) is 2. The van der Waals surface area contributed by atoms with Crippen molar-refractivity contribution in [2.45, 2.75) is 6.92 Å². The van der Waals surface area contributed by atoms with Crippen LogP contribution in [0.4, 0.5) is 10.1 Å². The van der Waals surface area contributed by atoms with Gasteiger partial charge in [-0.05, 0) is 43.3 Å². The van der Waals surface area contributed by atoms with E-state index in [9.17, 15) is 9.18 Å². The molecule has 2 N–H and O–H groups in total. The lowest BCUT2D eigenvalue weighted by Gasteiger charge is -2.04. The lowest BCUT2D eigenvalue weighted by atomic mass is 10.3. The van der Waals surface area contributed by atoms with Crippen LogP contribution in [0.3, 0.4) is 0 Å². The predicted octanol–water partition coefficient (Wildman–Crippen LogP) is 2.29. The summed E-state index contributed by atoms with van der Waals surface area (Å²) in [6.45, 7) is 1.86. The molecule has 0 fully saturated rings. The molecule has 1 amide bonds. The molecule has 0 spiro atoms. The highest BCUT2D eigenvalue weighted by molar-refractivity contribution is 5.83. The summed E-state index contributed by atoms with van der Waals surface area (Å²) in [6.07, 6.45) is 1.42. The van der Waals surface area contributed by atoms with Crippen molar-refractivity contribution in [2.75, 3.05) is 11.9 Å². The molecule has 2 rings (SSSR count). The number of hydrogen-bond donors (Lipinski definition) is 2. The van der Waals surface area contributed by atoms with E-state index >= 15 is 0 Å². The van der Waals surface area contributed by atoms with Gasteiger partial charge in [0, 0.05) is 5.69 Å². The van der Waals surface area contributed by atoms with Crippen molar-refractivity contribution in [3.05, 3.63) is 53.7 Å². The van der Waals surface area contributed by atoms with Crippen LogP contribution in [0.2, 0.25) is 0 Å². The van der Waals surface area contributed by atoms with Crippen LogP contribution in [0, 0.1) is 12.7 Å². The molecule has 0 atom stereocenters. The Morgan fingerprint density at radius 2 is 2.05 bits per heavy atom. The zero-order valence-corrected chi connectivity index (χ0v) is 10.9. The van der Waals surface area contributed by atoms with E-state index in [-0.39, 0.29) is 18.3 Å². The molecule has 0 aliphatic rings. The third kappa shape index (κ3) is 4.24. The van der Waals surface area contributed by atoms with E-state index in [1.165, 1.54) is 18.3 Å². The number of anilines is 1. The van der Waals surface area contributed by atoms with Gasteiger partial charge in [-0.2, -0.15) is 5.10 Å². The van der Waals surface area contributed by atoms with Crippen LogP contribution in [0.1, 0.15) is 11.5 Å². The average Bonchev–Trinajstić information content (AvgIpc) is 2.84.